The van der Waals surface area contributed by atoms with E-state index in [1.807, 2.05) is 13.8 Å². The first-order valence-electron chi connectivity index (χ1n) is 3.25. The summed E-state index contributed by atoms with van der Waals surface area (Å²) in [6, 6.07) is 0. The van der Waals surface area contributed by atoms with E-state index in [-0.39, 0.29) is 11.8 Å². The second kappa shape index (κ2) is 4.04. The van der Waals surface area contributed by atoms with Crippen molar-refractivity contribution in [3.8, 4) is 0 Å². The summed E-state index contributed by atoms with van der Waals surface area (Å²) in [4.78, 5) is 3.87. The Kier molecular flexibility index (Phi) is 3.69. The van der Waals surface area contributed by atoms with Gasteiger partial charge in [0.15, 0.2) is 5.90 Å². The monoisotopic (exact) mass is 142 g/mol. The summed E-state index contributed by atoms with van der Waals surface area (Å²) in [7, 11) is 1.57. The summed E-state index contributed by atoms with van der Waals surface area (Å²) in [6.45, 7) is 5.58. The van der Waals surface area contributed by atoms with E-state index in [1.54, 1.807) is 14.0 Å². The molecule has 0 aromatic rings. The molecule has 0 spiro atoms. The fraction of sp³-hybridized carbons (Fsp3) is 0.714. The largest absolute Gasteiger partial charge is 0.484 e. The molecule has 0 fully saturated rings. The molecule has 3 nitrogen and oxygen atoms in total. The molecule has 1 N–H and O–H groups in total. The highest BCUT2D eigenvalue weighted by Gasteiger charge is 2.03. The first-order chi connectivity index (χ1) is 4.57. The smallest absolute Gasteiger partial charge is 0.191 e. The fourth-order valence-electron chi connectivity index (χ4n) is 0.576. The van der Waals surface area contributed by atoms with Crippen LogP contribution in [-0.2, 0) is 4.74 Å². The van der Waals surface area contributed by atoms with Crippen molar-refractivity contribution in [2.75, 3.05) is 7.11 Å². The number of rotatable bonds is 1. The number of hydrogen-bond acceptors (Lipinski definition) is 2. The van der Waals surface area contributed by atoms with Crippen molar-refractivity contribution in [3.05, 3.63) is 0 Å². The Hall–Kier alpha value is -0.860. The topological polar surface area (TPSA) is 45.4 Å². The van der Waals surface area contributed by atoms with Crippen molar-refractivity contribution in [3.63, 3.8) is 0 Å². The number of nitrogens with zero attached hydrogens (tertiary/aromatic N) is 1. The van der Waals surface area contributed by atoms with Crippen molar-refractivity contribution in [1.29, 1.82) is 5.41 Å². The lowest BCUT2D eigenvalue weighted by molar-refractivity contribution is 0.376. The maximum absolute atomic E-state index is 7.05. The SMILES string of the molecule is COC(=NC(C)=N)C(C)C. The fourth-order valence-corrected chi connectivity index (χ4v) is 0.576. The van der Waals surface area contributed by atoms with Crippen LogP contribution in [0.2, 0.25) is 0 Å². The lowest BCUT2D eigenvalue weighted by Gasteiger charge is -2.06. The summed E-state index contributed by atoms with van der Waals surface area (Å²) < 4.78 is 4.93. The molecule has 0 aliphatic heterocycles. The number of methoxy groups -OCH3 is 1. The van der Waals surface area contributed by atoms with Gasteiger partial charge in [0.25, 0.3) is 0 Å². The maximum atomic E-state index is 7.05. The first-order valence-corrected chi connectivity index (χ1v) is 3.25. The highest BCUT2D eigenvalue weighted by Crippen LogP contribution is 1.97. The molecule has 3 heteroatoms. The minimum Gasteiger partial charge on any atom is -0.484 e. The van der Waals surface area contributed by atoms with Crippen molar-refractivity contribution >= 4 is 11.7 Å². The first kappa shape index (κ1) is 9.14. The van der Waals surface area contributed by atoms with Gasteiger partial charge in [0.1, 0.15) is 5.84 Å². The molecule has 0 aliphatic rings. The van der Waals surface area contributed by atoms with E-state index < -0.39 is 0 Å². The number of hydrogen-bond donors (Lipinski definition) is 1. The Morgan fingerprint density at radius 3 is 2.10 bits per heavy atom. The Bertz CT molecular complexity index is 150. The average Bonchev–Trinajstić information content (AvgIpc) is 1.81. The maximum Gasteiger partial charge on any atom is 0.191 e. The van der Waals surface area contributed by atoms with Crippen LogP contribution < -0.4 is 0 Å². The van der Waals surface area contributed by atoms with E-state index in [0.717, 1.165) is 0 Å². The van der Waals surface area contributed by atoms with E-state index in [4.69, 9.17) is 10.1 Å². The van der Waals surface area contributed by atoms with E-state index in [9.17, 15) is 0 Å². The predicted molar refractivity (Wildman–Crippen MR) is 42.7 cm³/mol. The Labute approximate surface area is 61.6 Å². The van der Waals surface area contributed by atoms with Crippen LogP contribution in [0.5, 0.6) is 0 Å². The van der Waals surface area contributed by atoms with Crippen LogP contribution in [0.3, 0.4) is 0 Å². The second-order valence-corrected chi connectivity index (χ2v) is 2.39. The highest BCUT2D eigenvalue weighted by molar-refractivity contribution is 5.92. The minimum absolute atomic E-state index is 0.255. The molecule has 0 bridgehead atoms. The molecule has 0 saturated heterocycles. The summed E-state index contributed by atoms with van der Waals surface area (Å²) in [6.07, 6.45) is 0. The van der Waals surface area contributed by atoms with Crippen LogP contribution in [0.25, 0.3) is 0 Å². The molecule has 0 aromatic carbocycles. The third-order valence-corrected chi connectivity index (χ3v) is 0.981. The molecule has 10 heavy (non-hydrogen) atoms. The molecule has 0 rings (SSSR count). The van der Waals surface area contributed by atoms with Gasteiger partial charge in [0.05, 0.1) is 7.11 Å². The molecular formula is C7H14N2O. The van der Waals surface area contributed by atoms with Gasteiger partial charge >= 0.3 is 0 Å². The number of amidine groups is 1. The van der Waals surface area contributed by atoms with Crippen LogP contribution in [-0.4, -0.2) is 18.8 Å². The normalized spacial score (nSPS) is 11.9. The van der Waals surface area contributed by atoms with Crippen LogP contribution in [0.15, 0.2) is 4.99 Å². The van der Waals surface area contributed by atoms with Gasteiger partial charge < -0.3 is 4.74 Å². The van der Waals surface area contributed by atoms with Gasteiger partial charge in [-0.3, -0.25) is 5.41 Å². The molecule has 0 aliphatic carbocycles. The summed E-state index contributed by atoms with van der Waals surface area (Å²) in [5, 5.41) is 7.05. The van der Waals surface area contributed by atoms with E-state index in [1.165, 1.54) is 0 Å². The van der Waals surface area contributed by atoms with Crippen LogP contribution in [0, 0.1) is 11.3 Å². The minimum atomic E-state index is 0.255. The molecule has 0 saturated carbocycles. The number of nitrogens with one attached hydrogen (secondary N) is 1. The molecule has 0 unspecified atom stereocenters. The van der Waals surface area contributed by atoms with Gasteiger partial charge in [-0.25, -0.2) is 4.99 Å². The molecule has 0 heterocycles. The summed E-state index contributed by atoms with van der Waals surface area (Å²) in [5.74, 6) is 1.16. The molecule has 0 aromatic heterocycles. The van der Waals surface area contributed by atoms with Gasteiger partial charge in [-0.2, -0.15) is 0 Å². The van der Waals surface area contributed by atoms with E-state index in [0.29, 0.717) is 5.90 Å². The third kappa shape index (κ3) is 3.22. The highest BCUT2D eigenvalue weighted by atomic mass is 16.5. The molecule has 0 amide bonds. The zero-order chi connectivity index (χ0) is 8.15. The summed E-state index contributed by atoms with van der Waals surface area (Å²) in [5.41, 5.74) is 0. The summed E-state index contributed by atoms with van der Waals surface area (Å²) >= 11 is 0. The zero-order valence-corrected chi connectivity index (χ0v) is 6.93. The lowest BCUT2D eigenvalue weighted by atomic mass is 10.2. The van der Waals surface area contributed by atoms with Crippen molar-refractivity contribution in [2.45, 2.75) is 20.8 Å². The quantitative estimate of drug-likeness (QED) is 0.439. The Balaban J connectivity index is 4.18. The number of aliphatic imine (C=N–C) groups is 1. The molecular weight excluding hydrogens is 128 g/mol. The second-order valence-electron chi connectivity index (χ2n) is 2.39. The predicted octanol–water partition coefficient (Wildman–Crippen LogP) is 1.68. The Morgan fingerprint density at radius 1 is 1.50 bits per heavy atom. The third-order valence-electron chi connectivity index (χ3n) is 0.981. The van der Waals surface area contributed by atoms with Gasteiger partial charge in [-0.1, -0.05) is 13.8 Å². The van der Waals surface area contributed by atoms with Crippen molar-refractivity contribution in [1.82, 2.24) is 0 Å². The standard InChI is InChI=1S/C7H14N2O/c1-5(2)7(10-4)9-6(3)8/h5,8H,1-4H3. The van der Waals surface area contributed by atoms with Gasteiger partial charge in [0, 0.05) is 5.92 Å². The number of ether oxygens (including phenoxy) is 1. The molecule has 0 radical (unpaired) electrons. The Morgan fingerprint density at radius 2 is 2.00 bits per heavy atom. The van der Waals surface area contributed by atoms with Gasteiger partial charge in [-0.05, 0) is 6.92 Å². The van der Waals surface area contributed by atoms with Gasteiger partial charge in [-0.15, -0.1) is 0 Å². The van der Waals surface area contributed by atoms with Crippen LogP contribution in [0.4, 0.5) is 0 Å². The van der Waals surface area contributed by atoms with Crippen LogP contribution in [0.1, 0.15) is 20.8 Å². The zero-order valence-electron chi connectivity index (χ0n) is 6.93. The average molecular weight is 142 g/mol. The molecule has 0 atom stereocenters. The van der Waals surface area contributed by atoms with E-state index in [2.05, 4.69) is 4.99 Å². The van der Waals surface area contributed by atoms with Crippen LogP contribution >= 0.6 is 0 Å². The van der Waals surface area contributed by atoms with Crippen molar-refractivity contribution < 1.29 is 4.74 Å². The lowest BCUT2D eigenvalue weighted by Crippen LogP contribution is -2.11. The molecule has 58 valence electrons. The van der Waals surface area contributed by atoms with Gasteiger partial charge in [0.2, 0.25) is 0 Å². The van der Waals surface area contributed by atoms with Crippen molar-refractivity contribution in [2.24, 2.45) is 10.9 Å². The van der Waals surface area contributed by atoms with E-state index >= 15 is 0 Å².